The van der Waals surface area contributed by atoms with E-state index in [0.717, 1.165) is 31.7 Å². The predicted octanol–water partition coefficient (Wildman–Crippen LogP) is 4.29. The summed E-state index contributed by atoms with van der Waals surface area (Å²) in [5.74, 6) is -0.611. The molecule has 1 fully saturated rings. The van der Waals surface area contributed by atoms with E-state index in [1.54, 1.807) is 0 Å². The number of ketones is 1. The maximum Gasteiger partial charge on any atom is 0.140 e. The minimum atomic E-state index is -0.614. The Balaban J connectivity index is 2.07. The van der Waals surface area contributed by atoms with E-state index < -0.39 is 11.6 Å². The Labute approximate surface area is 113 Å². The highest BCUT2D eigenvalue weighted by Gasteiger charge is 2.29. The van der Waals surface area contributed by atoms with Gasteiger partial charge in [0.25, 0.3) is 0 Å². The van der Waals surface area contributed by atoms with Crippen molar-refractivity contribution in [3.8, 4) is 0 Å². The van der Waals surface area contributed by atoms with Crippen molar-refractivity contribution in [3.05, 3.63) is 35.4 Å². The molecule has 2 unspecified atom stereocenters. The molecule has 0 aromatic heterocycles. The van der Waals surface area contributed by atoms with Crippen LogP contribution in [0.25, 0.3) is 0 Å². The van der Waals surface area contributed by atoms with E-state index in [9.17, 15) is 13.6 Å². The van der Waals surface area contributed by atoms with E-state index in [0.29, 0.717) is 11.5 Å². The van der Waals surface area contributed by atoms with Crippen molar-refractivity contribution < 1.29 is 13.6 Å². The summed E-state index contributed by atoms with van der Waals surface area (Å²) in [6, 6.07) is 3.44. The second-order valence-electron chi connectivity index (χ2n) is 5.44. The van der Waals surface area contributed by atoms with E-state index in [1.807, 2.05) is 0 Å². The second kappa shape index (κ2) is 6.27. The van der Waals surface area contributed by atoms with E-state index in [4.69, 9.17) is 0 Å². The number of hydrogen-bond donors (Lipinski definition) is 0. The van der Waals surface area contributed by atoms with Crippen LogP contribution in [0.15, 0.2) is 18.2 Å². The SMILES string of the molecule is CCC1CCCCC1C(=O)Cc1ccc(F)cc1F. The second-order valence-corrected chi connectivity index (χ2v) is 5.44. The third-order valence-electron chi connectivity index (χ3n) is 4.23. The van der Waals surface area contributed by atoms with Gasteiger partial charge in [-0.05, 0) is 30.4 Å². The first-order valence-electron chi connectivity index (χ1n) is 7.08. The molecule has 0 heterocycles. The lowest BCUT2D eigenvalue weighted by Crippen LogP contribution is -2.28. The Morgan fingerprint density at radius 1 is 1.26 bits per heavy atom. The van der Waals surface area contributed by atoms with E-state index in [-0.39, 0.29) is 18.1 Å². The highest BCUT2D eigenvalue weighted by atomic mass is 19.1. The molecule has 1 aliphatic carbocycles. The summed E-state index contributed by atoms with van der Waals surface area (Å²) in [5.41, 5.74) is 0.312. The lowest BCUT2D eigenvalue weighted by Gasteiger charge is -2.29. The summed E-state index contributed by atoms with van der Waals surface area (Å²) in [7, 11) is 0. The zero-order valence-corrected chi connectivity index (χ0v) is 11.3. The van der Waals surface area contributed by atoms with Crippen LogP contribution < -0.4 is 0 Å². The Bertz CT molecular complexity index is 456. The fourth-order valence-corrected chi connectivity index (χ4v) is 3.10. The van der Waals surface area contributed by atoms with Gasteiger partial charge in [0.05, 0.1) is 0 Å². The highest BCUT2D eigenvalue weighted by molar-refractivity contribution is 5.83. The zero-order chi connectivity index (χ0) is 13.8. The number of hydrogen-bond acceptors (Lipinski definition) is 1. The van der Waals surface area contributed by atoms with Gasteiger partial charge in [-0.2, -0.15) is 0 Å². The molecule has 19 heavy (non-hydrogen) atoms. The van der Waals surface area contributed by atoms with Crippen LogP contribution in [-0.2, 0) is 11.2 Å². The molecule has 0 saturated heterocycles. The van der Waals surface area contributed by atoms with E-state index in [2.05, 4.69) is 6.92 Å². The standard InChI is InChI=1S/C16H20F2O/c1-2-11-5-3-4-6-14(11)16(19)9-12-7-8-13(17)10-15(12)18/h7-8,10-11,14H,2-6,9H2,1H3. The number of halogens is 2. The molecule has 0 spiro atoms. The van der Waals surface area contributed by atoms with Crippen molar-refractivity contribution in [2.45, 2.75) is 45.4 Å². The molecule has 1 aliphatic rings. The molecule has 0 amide bonds. The Hall–Kier alpha value is -1.25. The Morgan fingerprint density at radius 3 is 2.68 bits per heavy atom. The summed E-state index contributed by atoms with van der Waals surface area (Å²) >= 11 is 0. The smallest absolute Gasteiger partial charge is 0.140 e. The van der Waals surface area contributed by atoms with Crippen molar-refractivity contribution in [2.24, 2.45) is 11.8 Å². The average molecular weight is 266 g/mol. The van der Waals surface area contributed by atoms with Crippen LogP contribution in [0.1, 0.15) is 44.6 Å². The summed E-state index contributed by atoms with van der Waals surface area (Å²) in [6.45, 7) is 2.11. The molecule has 2 rings (SSSR count). The molecule has 3 heteroatoms. The van der Waals surface area contributed by atoms with Gasteiger partial charge in [0.15, 0.2) is 0 Å². The summed E-state index contributed by atoms with van der Waals surface area (Å²) in [5, 5.41) is 0. The summed E-state index contributed by atoms with van der Waals surface area (Å²) in [6.07, 6.45) is 5.38. The van der Waals surface area contributed by atoms with Gasteiger partial charge in [0.1, 0.15) is 17.4 Å². The maximum absolute atomic E-state index is 13.6. The predicted molar refractivity (Wildman–Crippen MR) is 70.8 cm³/mol. The van der Waals surface area contributed by atoms with Crippen LogP contribution in [0.2, 0.25) is 0 Å². The molecule has 0 aliphatic heterocycles. The first kappa shape index (κ1) is 14.2. The first-order valence-corrected chi connectivity index (χ1v) is 7.08. The van der Waals surface area contributed by atoms with E-state index >= 15 is 0 Å². The number of carbonyl (C=O) groups excluding carboxylic acids is 1. The monoisotopic (exact) mass is 266 g/mol. The molecule has 0 N–H and O–H groups in total. The van der Waals surface area contributed by atoms with Crippen molar-refractivity contribution in [2.75, 3.05) is 0 Å². The van der Waals surface area contributed by atoms with Gasteiger partial charge in [-0.3, -0.25) is 4.79 Å². The van der Waals surface area contributed by atoms with Crippen LogP contribution in [0.4, 0.5) is 8.78 Å². The van der Waals surface area contributed by atoms with Crippen LogP contribution in [-0.4, -0.2) is 5.78 Å². The molecule has 104 valence electrons. The summed E-state index contributed by atoms with van der Waals surface area (Å²) in [4.78, 5) is 12.3. The average Bonchev–Trinajstić information content (AvgIpc) is 2.41. The third-order valence-corrected chi connectivity index (χ3v) is 4.23. The molecule has 0 radical (unpaired) electrons. The van der Waals surface area contributed by atoms with Gasteiger partial charge in [-0.1, -0.05) is 32.3 Å². The quantitative estimate of drug-likeness (QED) is 0.794. The van der Waals surface area contributed by atoms with Gasteiger partial charge in [-0.25, -0.2) is 8.78 Å². The molecule has 1 aromatic carbocycles. The Morgan fingerprint density at radius 2 is 2.00 bits per heavy atom. The van der Waals surface area contributed by atoms with Gasteiger partial charge in [0.2, 0.25) is 0 Å². The van der Waals surface area contributed by atoms with Crippen molar-refractivity contribution in [1.82, 2.24) is 0 Å². The Kier molecular flexibility index (Phi) is 4.67. The number of carbonyl (C=O) groups is 1. The topological polar surface area (TPSA) is 17.1 Å². The number of Topliss-reactive ketones (excluding diaryl/α,β-unsaturated/α-hetero) is 1. The minimum absolute atomic E-state index is 0.0585. The van der Waals surface area contributed by atoms with Gasteiger partial charge in [-0.15, -0.1) is 0 Å². The molecule has 2 atom stereocenters. The van der Waals surface area contributed by atoms with Crippen LogP contribution in [0.5, 0.6) is 0 Å². The maximum atomic E-state index is 13.6. The number of benzene rings is 1. The van der Waals surface area contributed by atoms with Crippen LogP contribution in [0, 0.1) is 23.5 Å². The summed E-state index contributed by atoms with van der Waals surface area (Å²) < 4.78 is 26.4. The lowest BCUT2D eigenvalue weighted by atomic mass is 9.74. The van der Waals surface area contributed by atoms with Crippen LogP contribution >= 0.6 is 0 Å². The molecule has 1 nitrogen and oxygen atoms in total. The van der Waals surface area contributed by atoms with Crippen molar-refractivity contribution in [1.29, 1.82) is 0 Å². The lowest BCUT2D eigenvalue weighted by molar-refractivity contribution is -0.125. The normalized spacial score (nSPS) is 23.3. The first-order chi connectivity index (χ1) is 9.11. The van der Waals surface area contributed by atoms with Gasteiger partial charge >= 0.3 is 0 Å². The molecular weight excluding hydrogens is 246 g/mol. The number of rotatable bonds is 4. The molecule has 1 saturated carbocycles. The fourth-order valence-electron chi connectivity index (χ4n) is 3.10. The molecule has 1 aromatic rings. The minimum Gasteiger partial charge on any atom is -0.299 e. The molecular formula is C16H20F2O. The third kappa shape index (κ3) is 3.40. The van der Waals surface area contributed by atoms with Crippen LogP contribution in [0.3, 0.4) is 0 Å². The highest BCUT2D eigenvalue weighted by Crippen LogP contribution is 2.33. The van der Waals surface area contributed by atoms with Crippen molar-refractivity contribution >= 4 is 5.78 Å². The van der Waals surface area contributed by atoms with E-state index in [1.165, 1.54) is 18.6 Å². The zero-order valence-electron chi connectivity index (χ0n) is 11.3. The fraction of sp³-hybridized carbons (Fsp3) is 0.562. The molecule has 0 bridgehead atoms. The van der Waals surface area contributed by atoms with Gasteiger partial charge < -0.3 is 0 Å². The largest absolute Gasteiger partial charge is 0.299 e. The van der Waals surface area contributed by atoms with Gasteiger partial charge in [0, 0.05) is 18.4 Å². The van der Waals surface area contributed by atoms with Crippen molar-refractivity contribution in [3.63, 3.8) is 0 Å².